The van der Waals surface area contributed by atoms with Gasteiger partial charge in [0.25, 0.3) is 0 Å². The fraction of sp³-hybridized carbons (Fsp3) is 0.333. The minimum atomic E-state index is 0.865. The topological polar surface area (TPSA) is 4.93 Å². The van der Waals surface area contributed by atoms with E-state index < -0.39 is 0 Å². The van der Waals surface area contributed by atoms with Crippen molar-refractivity contribution in [3.05, 3.63) is 35.0 Å². The van der Waals surface area contributed by atoms with Crippen LogP contribution in [-0.2, 0) is 12.3 Å². The normalized spacial score (nSPS) is 11.1. The number of rotatable bonds is 3. The molecule has 3 heteroatoms. The SMILES string of the molecule is CCn1cc(CSC)c2c(Cl)cccc21. The van der Waals surface area contributed by atoms with Gasteiger partial charge >= 0.3 is 0 Å². The summed E-state index contributed by atoms with van der Waals surface area (Å²) in [6.45, 7) is 3.15. The highest BCUT2D eigenvalue weighted by Gasteiger charge is 2.09. The molecule has 0 spiro atoms. The first-order valence-corrected chi connectivity index (χ1v) is 6.80. The second-order valence-corrected chi connectivity index (χ2v) is 4.78. The van der Waals surface area contributed by atoms with Crippen molar-refractivity contribution >= 4 is 34.3 Å². The number of aryl methyl sites for hydroxylation is 1. The average molecular weight is 240 g/mol. The number of thioether (sulfide) groups is 1. The quantitative estimate of drug-likeness (QED) is 0.778. The van der Waals surface area contributed by atoms with E-state index >= 15 is 0 Å². The van der Waals surface area contributed by atoms with Crippen LogP contribution in [0.15, 0.2) is 24.4 Å². The molecule has 80 valence electrons. The zero-order valence-electron chi connectivity index (χ0n) is 8.96. The lowest BCUT2D eigenvalue weighted by Gasteiger charge is -2.00. The van der Waals surface area contributed by atoms with Crippen molar-refractivity contribution in [2.24, 2.45) is 0 Å². The third-order valence-corrected chi connectivity index (χ3v) is 3.49. The van der Waals surface area contributed by atoms with Crippen molar-refractivity contribution < 1.29 is 0 Å². The summed E-state index contributed by atoms with van der Waals surface area (Å²) in [7, 11) is 0. The van der Waals surface area contributed by atoms with Gasteiger partial charge in [0.15, 0.2) is 0 Å². The summed E-state index contributed by atoms with van der Waals surface area (Å²) < 4.78 is 2.26. The van der Waals surface area contributed by atoms with E-state index in [4.69, 9.17) is 11.6 Å². The third-order valence-electron chi connectivity index (χ3n) is 2.57. The number of halogens is 1. The smallest absolute Gasteiger partial charge is 0.0502 e. The van der Waals surface area contributed by atoms with E-state index in [0.29, 0.717) is 0 Å². The van der Waals surface area contributed by atoms with Crippen LogP contribution in [-0.4, -0.2) is 10.8 Å². The summed E-state index contributed by atoms with van der Waals surface area (Å²) in [4.78, 5) is 0. The molecule has 1 aromatic carbocycles. The summed E-state index contributed by atoms with van der Waals surface area (Å²) in [5.41, 5.74) is 2.58. The van der Waals surface area contributed by atoms with E-state index in [1.807, 2.05) is 23.9 Å². The first-order chi connectivity index (χ1) is 7.27. The Bertz CT molecular complexity index is 476. The van der Waals surface area contributed by atoms with Crippen LogP contribution < -0.4 is 0 Å². The maximum Gasteiger partial charge on any atom is 0.0502 e. The molecule has 0 radical (unpaired) electrons. The van der Waals surface area contributed by atoms with Crippen LogP contribution in [0.2, 0.25) is 5.02 Å². The summed E-state index contributed by atoms with van der Waals surface area (Å²) in [6, 6.07) is 6.11. The lowest BCUT2D eigenvalue weighted by molar-refractivity contribution is 0.795. The van der Waals surface area contributed by atoms with Gasteiger partial charge in [-0.1, -0.05) is 17.7 Å². The van der Waals surface area contributed by atoms with Crippen LogP contribution in [0.3, 0.4) is 0 Å². The second-order valence-electron chi connectivity index (χ2n) is 3.51. The Hall–Kier alpha value is -0.600. The average Bonchev–Trinajstić information content (AvgIpc) is 2.59. The number of hydrogen-bond donors (Lipinski definition) is 0. The number of nitrogens with zero attached hydrogens (tertiary/aromatic N) is 1. The lowest BCUT2D eigenvalue weighted by atomic mass is 10.2. The van der Waals surface area contributed by atoms with Gasteiger partial charge in [0.2, 0.25) is 0 Å². The fourth-order valence-corrected chi connectivity index (χ4v) is 2.74. The molecule has 1 aromatic heterocycles. The molecule has 0 aliphatic heterocycles. The van der Waals surface area contributed by atoms with Crippen molar-refractivity contribution in [1.82, 2.24) is 4.57 Å². The Morgan fingerprint density at radius 1 is 1.40 bits per heavy atom. The monoisotopic (exact) mass is 239 g/mol. The van der Waals surface area contributed by atoms with Gasteiger partial charge in [-0.15, -0.1) is 0 Å². The molecule has 0 aliphatic carbocycles. The molecular weight excluding hydrogens is 226 g/mol. The Kier molecular flexibility index (Phi) is 3.27. The predicted octanol–water partition coefficient (Wildman–Crippen LogP) is 4.18. The number of aromatic nitrogens is 1. The van der Waals surface area contributed by atoms with E-state index in [0.717, 1.165) is 17.3 Å². The highest BCUT2D eigenvalue weighted by Crippen LogP contribution is 2.30. The highest BCUT2D eigenvalue weighted by atomic mass is 35.5. The molecule has 2 aromatic rings. The van der Waals surface area contributed by atoms with Crippen LogP contribution in [0.4, 0.5) is 0 Å². The Morgan fingerprint density at radius 2 is 2.20 bits per heavy atom. The van der Waals surface area contributed by atoms with Crippen molar-refractivity contribution in [3.63, 3.8) is 0 Å². The summed E-state index contributed by atoms with van der Waals surface area (Å²) in [5, 5.41) is 2.08. The van der Waals surface area contributed by atoms with E-state index in [1.165, 1.54) is 16.5 Å². The second kappa shape index (κ2) is 4.50. The Morgan fingerprint density at radius 3 is 2.87 bits per heavy atom. The van der Waals surface area contributed by atoms with E-state index in [1.54, 1.807) is 0 Å². The summed E-state index contributed by atoms with van der Waals surface area (Å²) >= 11 is 8.08. The Balaban J connectivity index is 2.70. The first-order valence-electron chi connectivity index (χ1n) is 5.03. The molecule has 2 rings (SSSR count). The molecule has 0 aliphatic rings. The van der Waals surface area contributed by atoms with Crippen molar-refractivity contribution in [2.45, 2.75) is 19.2 Å². The minimum Gasteiger partial charge on any atom is -0.347 e. The molecule has 0 N–H and O–H groups in total. The minimum absolute atomic E-state index is 0.865. The molecule has 0 saturated carbocycles. The Labute approximate surface area is 99.4 Å². The van der Waals surface area contributed by atoms with Gasteiger partial charge < -0.3 is 4.57 Å². The highest BCUT2D eigenvalue weighted by molar-refractivity contribution is 7.97. The largest absolute Gasteiger partial charge is 0.347 e. The standard InChI is InChI=1S/C12H14ClNS/c1-3-14-7-9(8-15-2)12-10(13)5-4-6-11(12)14/h4-7H,3,8H2,1-2H3. The van der Waals surface area contributed by atoms with Crippen molar-refractivity contribution in [2.75, 3.05) is 6.26 Å². The fourth-order valence-electron chi connectivity index (χ4n) is 1.92. The predicted molar refractivity (Wildman–Crippen MR) is 69.8 cm³/mol. The molecule has 1 nitrogen and oxygen atoms in total. The molecule has 0 unspecified atom stereocenters. The van der Waals surface area contributed by atoms with E-state index in [2.05, 4.69) is 30.0 Å². The maximum absolute atomic E-state index is 6.25. The molecule has 0 atom stereocenters. The van der Waals surface area contributed by atoms with Crippen LogP contribution >= 0.6 is 23.4 Å². The zero-order valence-corrected chi connectivity index (χ0v) is 10.5. The zero-order chi connectivity index (χ0) is 10.8. The van der Waals surface area contributed by atoms with Crippen molar-refractivity contribution in [3.8, 4) is 0 Å². The van der Waals surface area contributed by atoms with Crippen LogP contribution in [0, 0.1) is 0 Å². The number of fused-ring (bicyclic) bond motifs is 1. The molecular formula is C12H14ClNS. The molecule has 0 fully saturated rings. The van der Waals surface area contributed by atoms with Crippen LogP contribution in [0.25, 0.3) is 10.9 Å². The summed E-state index contributed by atoms with van der Waals surface area (Å²) in [6.07, 6.45) is 4.33. The van der Waals surface area contributed by atoms with Gasteiger partial charge in [0.05, 0.1) is 5.02 Å². The summed E-state index contributed by atoms with van der Waals surface area (Å²) in [5.74, 6) is 1.02. The van der Waals surface area contributed by atoms with Crippen LogP contribution in [0.1, 0.15) is 12.5 Å². The van der Waals surface area contributed by atoms with E-state index in [-0.39, 0.29) is 0 Å². The third kappa shape index (κ3) is 1.88. The first kappa shape index (κ1) is 10.9. The number of benzene rings is 1. The van der Waals surface area contributed by atoms with Gasteiger partial charge in [-0.05, 0) is 30.9 Å². The van der Waals surface area contributed by atoms with Crippen LogP contribution in [0.5, 0.6) is 0 Å². The van der Waals surface area contributed by atoms with E-state index in [9.17, 15) is 0 Å². The molecule has 1 heterocycles. The van der Waals surface area contributed by atoms with Gasteiger partial charge in [-0.25, -0.2) is 0 Å². The van der Waals surface area contributed by atoms with Gasteiger partial charge in [-0.2, -0.15) is 11.8 Å². The van der Waals surface area contributed by atoms with Gasteiger partial charge in [0.1, 0.15) is 0 Å². The molecule has 15 heavy (non-hydrogen) atoms. The lowest BCUT2D eigenvalue weighted by Crippen LogP contribution is -1.89. The molecule has 0 saturated heterocycles. The van der Waals surface area contributed by atoms with Crippen molar-refractivity contribution in [1.29, 1.82) is 0 Å². The van der Waals surface area contributed by atoms with Gasteiger partial charge in [0, 0.05) is 29.4 Å². The van der Waals surface area contributed by atoms with Gasteiger partial charge in [-0.3, -0.25) is 0 Å². The maximum atomic E-state index is 6.25. The molecule has 0 bridgehead atoms. The number of hydrogen-bond acceptors (Lipinski definition) is 1. The molecule has 0 amide bonds.